The Morgan fingerprint density at radius 3 is 1.68 bits per heavy atom. The minimum Gasteiger partial charge on any atom is -0.314 e. The molecule has 0 saturated heterocycles. The largest absolute Gasteiger partial charge is 0.314 e. The molecule has 0 fully saturated rings. The molecule has 144 valence electrons. The predicted molar refractivity (Wildman–Crippen MR) is 116 cm³/mol. The Morgan fingerprint density at radius 1 is 0.720 bits per heavy atom. The van der Waals surface area contributed by atoms with E-state index >= 15 is 0 Å². The molecule has 0 radical (unpaired) electrons. The number of alkyl halides is 1. The van der Waals surface area contributed by atoms with Gasteiger partial charge in [0, 0.05) is 5.56 Å². The summed E-state index contributed by atoms with van der Waals surface area (Å²) in [6.07, 6.45) is 15.4. The zero-order valence-electron chi connectivity index (χ0n) is 17.0. The molecule has 1 unspecified atom stereocenters. The van der Waals surface area contributed by atoms with E-state index in [1.54, 1.807) is 0 Å². The maximum absolute atomic E-state index is 3.65. The van der Waals surface area contributed by atoms with E-state index in [2.05, 4.69) is 61.1 Å². The van der Waals surface area contributed by atoms with Gasteiger partial charge in [-0.3, -0.25) is 0 Å². The molecule has 0 aliphatic heterocycles. The average Bonchev–Trinajstić information content (AvgIpc) is 2.64. The van der Waals surface area contributed by atoms with Gasteiger partial charge in [-0.15, -0.1) is 0 Å². The Balaban J connectivity index is 2.12. The number of rotatable bonds is 15. The van der Waals surface area contributed by atoms with Crippen LogP contribution in [0.25, 0.3) is 0 Å². The molecule has 0 spiro atoms. The molecule has 0 saturated carbocycles. The van der Waals surface area contributed by atoms with E-state index in [4.69, 9.17) is 0 Å². The third-order valence-electron chi connectivity index (χ3n) is 5.46. The van der Waals surface area contributed by atoms with E-state index in [1.807, 2.05) is 0 Å². The zero-order chi connectivity index (χ0) is 18.4. The van der Waals surface area contributed by atoms with Crippen molar-refractivity contribution in [3.05, 3.63) is 35.4 Å². The van der Waals surface area contributed by atoms with Crippen molar-refractivity contribution in [1.29, 1.82) is 0 Å². The Bertz CT molecular complexity index is 422. The molecular formula is C23H41BrN+. The summed E-state index contributed by atoms with van der Waals surface area (Å²) in [5.74, 6) is 0. The molecule has 0 N–H and O–H groups in total. The highest BCUT2D eigenvalue weighted by atomic mass is 79.9. The Kier molecular flexibility index (Phi) is 12.5. The van der Waals surface area contributed by atoms with E-state index in [0.29, 0.717) is 0 Å². The minimum atomic E-state index is 1.02. The molecule has 0 aromatic heterocycles. The summed E-state index contributed by atoms with van der Waals surface area (Å²) in [7, 11) is 2.31. The molecule has 1 atom stereocenters. The van der Waals surface area contributed by atoms with E-state index in [-0.39, 0.29) is 0 Å². The van der Waals surface area contributed by atoms with Crippen LogP contribution in [0.2, 0.25) is 0 Å². The van der Waals surface area contributed by atoms with E-state index in [0.717, 1.165) is 23.0 Å². The van der Waals surface area contributed by atoms with Crippen molar-refractivity contribution >= 4 is 15.9 Å². The van der Waals surface area contributed by atoms with Crippen LogP contribution in [0.5, 0.6) is 0 Å². The van der Waals surface area contributed by atoms with Gasteiger partial charge in [-0.05, 0) is 41.3 Å². The van der Waals surface area contributed by atoms with Crippen molar-refractivity contribution in [2.45, 2.75) is 91.0 Å². The van der Waals surface area contributed by atoms with Crippen molar-refractivity contribution in [2.24, 2.45) is 0 Å². The van der Waals surface area contributed by atoms with Crippen LogP contribution in [0.3, 0.4) is 0 Å². The number of unbranched alkanes of at least 4 members (excludes halogenated alkanes) is 9. The molecule has 1 nitrogen and oxygen atoms in total. The van der Waals surface area contributed by atoms with Crippen LogP contribution in [-0.4, -0.2) is 23.5 Å². The number of benzene rings is 1. The highest BCUT2D eigenvalue weighted by molar-refractivity contribution is 9.09. The molecule has 1 rings (SSSR count). The van der Waals surface area contributed by atoms with Crippen molar-refractivity contribution < 1.29 is 4.48 Å². The van der Waals surface area contributed by atoms with Gasteiger partial charge in [0.25, 0.3) is 0 Å². The smallest absolute Gasteiger partial charge is 0.134 e. The molecule has 2 heteroatoms. The summed E-state index contributed by atoms with van der Waals surface area (Å²) < 4.78 is 1.05. The predicted octanol–water partition coefficient (Wildman–Crippen LogP) is 7.47. The van der Waals surface area contributed by atoms with Gasteiger partial charge in [0.15, 0.2) is 0 Å². The summed E-state index contributed by atoms with van der Waals surface area (Å²) in [5.41, 5.74) is 3.98. The monoisotopic (exact) mass is 410 g/mol. The first kappa shape index (κ1) is 22.7. The molecule has 25 heavy (non-hydrogen) atoms. The second kappa shape index (κ2) is 13.8. The Hall–Kier alpha value is -0.340. The van der Waals surface area contributed by atoms with E-state index < -0.39 is 0 Å². The fourth-order valence-electron chi connectivity index (χ4n) is 3.31. The molecule has 1 aromatic carbocycles. The van der Waals surface area contributed by atoms with Gasteiger partial charge in [0.05, 0.1) is 13.6 Å². The third-order valence-corrected chi connectivity index (χ3v) is 6.67. The van der Waals surface area contributed by atoms with Crippen LogP contribution in [0.15, 0.2) is 24.3 Å². The Morgan fingerprint density at radius 2 is 1.20 bits per heavy atom. The zero-order valence-corrected chi connectivity index (χ0v) is 18.6. The van der Waals surface area contributed by atoms with Gasteiger partial charge in [0.2, 0.25) is 0 Å². The summed E-state index contributed by atoms with van der Waals surface area (Å²) >= 11 is 3.65. The molecule has 0 amide bonds. The average molecular weight is 411 g/mol. The van der Waals surface area contributed by atoms with Gasteiger partial charge in [-0.2, -0.15) is 0 Å². The highest BCUT2D eigenvalue weighted by Gasteiger charge is 2.17. The van der Waals surface area contributed by atoms with Gasteiger partial charge in [0.1, 0.15) is 12.0 Å². The first-order valence-corrected chi connectivity index (χ1v) is 11.7. The number of quaternary nitrogens is 1. The van der Waals surface area contributed by atoms with E-state index in [1.165, 1.54) is 81.8 Å². The summed E-state index contributed by atoms with van der Waals surface area (Å²) in [4.78, 5) is 0. The molecule has 0 bridgehead atoms. The maximum Gasteiger partial charge on any atom is 0.134 e. The SMILES string of the molecule is CCCCCCCCCCCCc1ccc(C[N+](C)(CC)CBr)cc1. The molecule has 1 aromatic rings. The normalized spacial score (nSPS) is 13.8. The summed E-state index contributed by atoms with van der Waals surface area (Å²) in [6, 6.07) is 9.36. The van der Waals surface area contributed by atoms with Gasteiger partial charge < -0.3 is 4.48 Å². The lowest BCUT2D eigenvalue weighted by molar-refractivity contribution is -0.907. The minimum absolute atomic E-state index is 1.02. The number of aryl methyl sites for hydroxylation is 1. The fourth-order valence-corrected chi connectivity index (χ4v) is 3.84. The van der Waals surface area contributed by atoms with Gasteiger partial charge in [-0.1, -0.05) is 89.0 Å². The number of hydrogen-bond donors (Lipinski definition) is 0. The first-order chi connectivity index (χ1) is 12.1. The molecular weight excluding hydrogens is 370 g/mol. The van der Waals surface area contributed by atoms with Crippen molar-refractivity contribution in [3.8, 4) is 0 Å². The molecule has 0 heterocycles. The van der Waals surface area contributed by atoms with Crippen LogP contribution in [0.4, 0.5) is 0 Å². The van der Waals surface area contributed by atoms with E-state index in [9.17, 15) is 0 Å². The quantitative estimate of drug-likeness (QED) is 0.122. The van der Waals surface area contributed by atoms with Gasteiger partial charge >= 0.3 is 0 Å². The molecule has 0 aliphatic rings. The fraction of sp³-hybridized carbons (Fsp3) is 0.739. The summed E-state index contributed by atoms with van der Waals surface area (Å²) in [6.45, 7) is 6.82. The lowest BCUT2D eigenvalue weighted by Gasteiger charge is -2.31. The number of hydrogen-bond acceptors (Lipinski definition) is 0. The first-order valence-electron chi connectivity index (χ1n) is 10.6. The highest BCUT2D eigenvalue weighted by Crippen LogP contribution is 2.16. The maximum atomic E-state index is 3.65. The number of halogens is 1. The van der Waals surface area contributed by atoms with Gasteiger partial charge in [-0.25, -0.2) is 0 Å². The lowest BCUT2D eigenvalue weighted by atomic mass is 10.0. The standard InChI is InChI=1S/C23H41BrN/c1-4-6-7-8-9-10-11-12-13-14-15-22-16-18-23(19-17-22)20-25(3,5-2)21-24/h16-19H,4-15,20-21H2,1-3H3/q+1. The molecule has 0 aliphatic carbocycles. The second-order valence-electron chi connectivity index (χ2n) is 7.96. The number of nitrogens with zero attached hydrogens (tertiary/aromatic N) is 1. The van der Waals surface area contributed by atoms with Crippen molar-refractivity contribution in [2.75, 3.05) is 19.0 Å². The van der Waals surface area contributed by atoms with Crippen LogP contribution < -0.4 is 0 Å². The topological polar surface area (TPSA) is 0 Å². The Labute approximate surface area is 165 Å². The van der Waals surface area contributed by atoms with Crippen LogP contribution >= 0.6 is 15.9 Å². The van der Waals surface area contributed by atoms with Crippen LogP contribution in [0.1, 0.15) is 89.2 Å². The second-order valence-corrected chi connectivity index (χ2v) is 8.46. The lowest BCUT2D eigenvalue weighted by Crippen LogP contribution is -2.41. The summed E-state index contributed by atoms with van der Waals surface area (Å²) in [5, 5.41) is 0. The van der Waals surface area contributed by atoms with Crippen LogP contribution in [0, 0.1) is 0 Å². The third kappa shape index (κ3) is 10.4. The van der Waals surface area contributed by atoms with Crippen molar-refractivity contribution in [1.82, 2.24) is 0 Å². The van der Waals surface area contributed by atoms with Crippen molar-refractivity contribution in [3.63, 3.8) is 0 Å². The van der Waals surface area contributed by atoms with Crippen LogP contribution in [-0.2, 0) is 13.0 Å².